The molecule has 1 aromatic carbocycles. The monoisotopic (exact) mass is 229 g/mol. The van der Waals surface area contributed by atoms with Gasteiger partial charge in [-0.05, 0) is 25.0 Å². The standard InChI is InChI=1S/C11H13F2NO2/c1-3-8(11(15)16)14-10-7(12)5-4-6(2)9(10)13/h4-5,8,14H,3H2,1-2H3,(H,15,16). The Hall–Kier alpha value is -1.65. The van der Waals surface area contributed by atoms with Crippen molar-refractivity contribution in [2.75, 3.05) is 5.32 Å². The molecule has 0 aliphatic rings. The average Bonchev–Trinajstić information content (AvgIpc) is 2.23. The van der Waals surface area contributed by atoms with E-state index >= 15 is 0 Å². The summed E-state index contributed by atoms with van der Waals surface area (Å²) in [6, 6.07) is 1.41. The molecule has 0 heterocycles. The van der Waals surface area contributed by atoms with Crippen molar-refractivity contribution in [1.29, 1.82) is 0 Å². The number of carboxylic acid groups (broad SMARTS) is 1. The summed E-state index contributed by atoms with van der Waals surface area (Å²) in [5, 5.41) is 11.1. The van der Waals surface area contributed by atoms with Crippen LogP contribution < -0.4 is 5.32 Å². The Kier molecular flexibility index (Phi) is 3.82. The highest BCUT2D eigenvalue weighted by Crippen LogP contribution is 2.22. The molecule has 0 saturated carbocycles. The Labute approximate surface area is 92.1 Å². The van der Waals surface area contributed by atoms with E-state index < -0.39 is 23.6 Å². The van der Waals surface area contributed by atoms with E-state index in [9.17, 15) is 13.6 Å². The Balaban J connectivity index is 3.04. The minimum atomic E-state index is -1.14. The van der Waals surface area contributed by atoms with Crippen molar-refractivity contribution in [3.63, 3.8) is 0 Å². The minimum Gasteiger partial charge on any atom is -0.480 e. The van der Waals surface area contributed by atoms with Crippen LogP contribution in [0.5, 0.6) is 0 Å². The third-order valence-corrected chi connectivity index (χ3v) is 2.31. The Morgan fingerprint density at radius 1 is 1.50 bits per heavy atom. The zero-order chi connectivity index (χ0) is 12.3. The van der Waals surface area contributed by atoms with E-state index in [1.165, 1.54) is 13.0 Å². The van der Waals surface area contributed by atoms with Crippen molar-refractivity contribution in [2.24, 2.45) is 0 Å². The molecule has 1 rings (SSSR count). The molecule has 16 heavy (non-hydrogen) atoms. The van der Waals surface area contributed by atoms with Crippen LogP contribution in [0.4, 0.5) is 14.5 Å². The summed E-state index contributed by atoms with van der Waals surface area (Å²) in [5.74, 6) is -2.68. The van der Waals surface area contributed by atoms with Crippen molar-refractivity contribution in [2.45, 2.75) is 26.3 Å². The van der Waals surface area contributed by atoms with E-state index in [4.69, 9.17) is 5.11 Å². The van der Waals surface area contributed by atoms with Crippen molar-refractivity contribution in [3.8, 4) is 0 Å². The first-order valence-corrected chi connectivity index (χ1v) is 4.91. The van der Waals surface area contributed by atoms with Crippen LogP contribution in [0.15, 0.2) is 12.1 Å². The van der Waals surface area contributed by atoms with E-state index in [0.717, 1.165) is 6.07 Å². The van der Waals surface area contributed by atoms with Gasteiger partial charge in [0.15, 0.2) is 5.82 Å². The van der Waals surface area contributed by atoms with Crippen molar-refractivity contribution >= 4 is 11.7 Å². The summed E-state index contributed by atoms with van der Waals surface area (Å²) in [5.41, 5.74) is -0.113. The molecule has 0 fully saturated rings. The van der Waals surface area contributed by atoms with E-state index in [-0.39, 0.29) is 17.7 Å². The van der Waals surface area contributed by atoms with Gasteiger partial charge in [0.2, 0.25) is 0 Å². The van der Waals surface area contributed by atoms with Gasteiger partial charge in [-0.25, -0.2) is 13.6 Å². The van der Waals surface area contributed by atoms with Crippen molar-refractivity contribution in [3.05, 3.63) is 29.3 Å². The van der Waals surface area contributed by atoms with Crippen LogP contribution in [0.1, 0.15) is 18.9 Å². The molecule has 5 heteroatoms. The van der Waals surface area contributed by atoms with Gasteiger partial charge in [0.25, 0.3) is 0 Å². The first-order valence-electron chi connectivity index (χ1n) is 4.91. The van der Waals surface area contributed by atoms with Gasteiger partial charge >= 0.3 is 5.97 Å². The highest BCUT2D eigenvalue weighted by molar-refractivity contribution is 5.77. The van der Waals surface area contributed by atoms with Crippen LogP contribution in [0, 0.1) is 18.6 Å². The number of hydrogen-bond donors (Lipinski definition) is 2. The Bertz CT molecular complexity index is 407. The molecule has 0 radical (unpaired) electrons. The minimum absolute atomic E-state index is 0.238. The molecule has 3 nitrogen and oxygen atoms in total. The second-order valence-corrected chi connectivity index (χ2v) is 3.50. The highest BCUT2D eigenvalue weighted by Gasteiger charge is 2.19. The lowest BCUT2D eigenvalue weighted by Crippen LogP contribution is -2.29. The number of nitrogens with one attached hydrogen (secondary N) is 1. The SMILES string of the molecule is CCC(Nc1c(F)ccc(C)c1F)C(=O)O. The zero-order valence-electron chi connectivity index (χ0n) is 9.05. The Morgan fingerprint density at radius 2 is 2.12 bits per heavy atom. The second kappa shape index (κ2) is 4.92. The predicted molar refractivity (Wildman–Crippen MR) is 56.4 cm³/mol. The molecule has 1 unspecified atom stereocenters. The summed E-state index contributed by atoms with van der Waals surface area (Å²) in [4.78, 5) is 10.7. The van der Waals surface area contributed by atoms with E-state index in [2.05, 4.69) is 5.32 Å². The molecule has 0 aromatic heterocycles. The summed E-state index contributed by atoms with van der Waals surface area (Å²) < 4.78 is 26.8. The predicted octanol–water partition coefficient (Wildman–Crippen LogP) is 2.55. The summed E-state index contributed by atoms with van der Waals surface area (Å²) in [6.45, 7) is 3.11. The molecule has 1 aromatic rings. The molecule has 0 aliphatic heterocycles. The Morgan fingerprint density at radius 3 is 2.62 bits per heavy atom. The maximum Gasteiger partial charge on any atom is 0.326 e. The first-order chi connectivity index (χ1) is 7.47. The number of aliphatic carboxylic acids is 1. The molecule has 0 amide bonds. The van der Waals surface area contributed by atoms with Crippen LogP contribution in [0.2, 0.25) is 0 Å². The van der Waals surface area contributed by atoms with Gasteiger partial charge in [-0.15, -0.1) is 0 Å². The fourth-order valence-electron chi connectivity index (χ4n) is 1.30. The average molecular weight is 229 g/mol. The van der Waals surface area contributed by atoms with Gasteiger partial charge < -0.3 is 10.4 Å². The van der Waals surface area contributed by atoms with Gasteiger partial charge in [-0.3, -0.25) is 0 Å². The normalized spacial score (nSPS) is 12.2. The number of aryl methyl sites for hydroxylation is 1. The van der Waals surface area contributed by atoms with Gasteiger partial charge in [-0.1, -0.05) is 13.0 Å². The molecule has 0 aliphatic carbocycles. The van der Waals surface area contributed by atoms with Gasteiger partial charge in [0.05, 0.1) is 0 Å². The second-order valence-electron chi connectivity index (χ2n) is 3.50. The van der Waals surface area contributed by atoms with Crippen molar-refractivity contribution in [1.82, 2.24) is 0 Å². The summed E-state index contributed by atoms with van der Waals surface area (Å²) in [7, 11) is 0. The lowest BCUT2D eigenvalue weighted by atomic mass is 10.1. The quantitative estimate of drug-likeness (QED) is 0.834. The lowest BCUT2D eigenvalue weighted by Gasteiger charge is -2.15. The molecule has 88 valence electrons. The summed E-state index contributed by atoms with van der Waals surface area (Å²) in [6.07, 6.45) is 0.238. The van der Waals surface area contributed by atoms with Crippen LogP contribution in [0.25, 0.3) is 0 Å². The topological polar surface area (TPSA) is 49.3 Å². The third-order valence-electron chi connectivity index (χ3n) is 2.31. The fourth-order valence-corrected chi connectivity index (χ4v) is 1.30. The zero-order valence-corrected chi connectivity index (χ0v) is 9.05. The van der Waals surface area contributed by atoms with Crippen molar-refractivity contribution < 1.29 is 18.7 Å². The molecule has 0 saturated heterocycles. The fraction of sp³-hybridized carbons (Fsp3) is 0.364. The van der Waals surface area contributed by atoms with Crippen LogP contribution >= 0.6 is 0 Å². The molecular formula is C11H13F2NO2. The maximum absolute atomic E-state index is 13.5. The smallest absolute Gasteiger partial charge is 0.326 e. The van der Waals surface area contributed by atoms with Gasteiger partial charge in [0, 0.05) is 0 Å². The summed E-state index contributed by atoms with van der Waals surface area (Å²) >= 11 is 0. The number of carbonyl (C=O) groups is 1. The van der Waals surface area contributed by atoms with E-state index in [1.807, 2.05) is 0 Å². The number of anilines is 1. The number of benzene rings is 1. The maximum atomic E-state index is 13.5. The van der Waals surface area contributed by atoms with E-state index in [0.29, 0.717) is 0 Å². The number of hydrogen-bond acceptors (Lipinski definition) is 2. The largest absolute Gasteiger partial charge is 0.480 e. The first kappa shape index (κ1) is 12.4. The van der Waals surface area contributed by atoms with Crippen LogP contribution in [-0.4, -0.2) is 17.1 Å². The number of carboxylic acids is 1. The molecule has 2 N–H and O–H groups in total. The number of halogens is 2. The third kappa shape index (κ3) is 2.48. The number of rotatable bonds is 4. The van der Waals surface area contributed by atoms with E-state index in [1.54, 1.807) is 6.92 Å². The lowest BCUT2D eigenvalue weighted by molar-refractivity contribution is -0.137. The van der Waals surface area contributed by atoms with Gasteiger partial charge in [0.1, 0.15) is 17.5 Å². The van der Waals surface area contributed by atoms with Crippen LogP contribution in [-0.2, 0) is 4.79 Å². The molecule has 1 atom stereocenters. The molecule has 0 spiro atoms. The molecular weight excluding hydrogens is 216 g/mol. The van der Waals surface area contributed by atoms with Gasteiger partial charge in [-0.2, -0.15) is 0 Å². The van der Waals surface area contributed by atoms with Crippen LogP contribution in [0.3, 0.4) is 0 Å². The molecule has 0 bridgehead atoms. The highest BCUT2D eigenvalue weighted by atomic mass is 19.1.